The standard InChI is InChI=1S/C18H20ClN3O/c1-2-11-21-15-5-3-4-6-16(15)22(18(21)20)12-17(23)13-7-9-14(19)10-8-13/h3-10,17,20,23H,2,11-12H2,1H3/p+1/t17-/m1/s1. The van der Waals surface area contributed by atoms with Gasteiger partial charge in [0.25, 0.3) is 0 Å². The predicted octanol–water partition coefficient (Wildman–Crippen LogP) is 3.31. The monoisotopic (exact) mass is 330 g/mol. The van der Waals surface area contributed by atoms with E-state index in [0.29, 0.717) is 17.5 Å². The number of nitrogens with zero attached hydrogens (tertiary/aromatic N) is 2. The van der Waals surface area contributed by atoms with E-state index < -0.39 is 6.10 Å². The van der Waals surface area contributed by atoms with Gasteiger partial charge in [-0.05, 0) is 36.2 Å². The van der Waals surface area contributed by atoms with Gasteiger partial charge >= 0.3 is 5.95 Å². The molecular formula is C18H21ClN3O+. The molecule has 0 radical (unpaired) electrons. The summed E-state index contributed by atoms with van der Waals surface area (Å²) in [6.07, 6.45) is 0.364. The van der Waals surface area contributed by atoms with Gasteiger partial charge in [-0.2, -0.15) is 0 Å². The summed E-state index contributed by atoms with van der Waals surface area (Å²) in [4.78, 5) is 0. The minimum Gasteiger partial charge on any atom is -0.385 e. The number of hydrogen-bond acceptors (Lipinski definition) is 2. The molecule has 120 valence electrons. The largest absolute Gasteiger partial charge is 0.385 e. The highest BCUT2D eigenvalue weighted by atomic mass is 35.5. The number of fused-ring (bicyclic) bond motifs is 1. The van der Waals surface area contributed by atoms with Crippen LogP contribution in [0.3, 0.4) is 0 Å². The quantitative estimate of drug-likeness (QED) is 0.705. The summed E-state index contributed by atoms with van der Waals surface area (Å²) in [6.45, 7) is 3.39. The number of benzene rings is 2. The second-order valence-corrected chi connectivity index (χ2v) is 6.11. The van der Waals surface area contributed by atoms with Crippen LogP contribution in [0.4, 0.5) is 5.95 Å². The van der Waals surface area contributed by atoms with Crippen molar-refractivity contribution in [1.82, 2.24) is 4.57 Å². The molecule has 0 spiro atoms. The summed E-state index contributed by atoms with van der Waals surface area (Å²) < 4.78 is 4.08. The normalized spacial score (nSPS) is 12.7. The van der Waals surface area contributed by atoms with Crippen LogP contribution in [-0.4, -0.2) is 9.67 Å². The average molecular weight is 331 g/mol. The molecule has 0 saturated heterocycles. The molecule has 0 unspecified atom stereocenters. The van der Waals surface area contributed by atoms with Gasteiger partial charge in [0, 0.05) is 5.02 Å². The van der Waals surface area contributed by atoms with Gasteiger partial charge in [0.05, 0.1) is 6.54 Å². The van der Waals surface area contributed by atoms with Gasteiger partial charge in [-0.25, -0.2) is 9.13 Å². The molecule has 3 N–H and O–H groups in total. The number of aliphatic hydroxyl groups is 1. The number of nitrogen functional groups attached to an aromatic ring is 1. The van der Waals surface area contributed by atoms with Crippen molar-refractivity contribution in [2.75, 3.05) is 5.73 Å². The Morgan fingerprint density at radius 1 is 1.17 bits per heavy atom. The topological polar surface area (TPSA) is 55.1 Å². The van der Waals surface area contributed by atoms with E-state index in [0.717, 1.165) is 29.6 Å². The minimum absolute atomic E-state index is 0.407. The molecule has 0 aliphatic heterocycles. The maximum Gasteiger partial charge on any atom is 0.356 e. The Morgan fingerprint density at radius 2 is 1.87 bits per heavy atom. The molecule has 0 bridgehead atoms. The molecule has 0 amide bonds. The van der Waals surface area contributed by atoms with Crippen LogP contribution in [0, 0.1) is 0 Å². The summed E-state index contributed by atoms with van der Waals surface area (Å²) in [6, 6.07) is 15.4. The van der Waals surface area contributed by atoms with Crippen LogP contribution in [0.2, 0.25) is 5.02 Å². The molecule has 1 heterocycles. The first kappa shape index (κ1) is 15.8. The van der Waals surface area contributed by atoms with E-state index in [1.165, 1.54) is 0 Å². The van der Waals surface area contributed by atoms with Crippen LogP contribution in [0.1, 0.15) is 25.0 Å². The van der Waals surface area contributed by atoms with Crippen molar-refractivity contribution >= 4 is 28.6 Å². The smallest absolute Gasteiger partial charge is 0.356 e. The number of aromatic nitrogens is 2. The van der Waals surface area contributed by atoms with Crippen molar-refractivity contribution in [3.63, 3.8) is 0 Å². The van der Waals surface area contributed by atoms with Gasteiger partial charge < -0.3 is 5.11 Å². The van der Waals surface area contributed by atoms with Crippen LogP contribution in [0.15, 0.2) is 48.5 Å². The Balaban J connectivity index is 1.99. The molecular weight excluding hydrogens is 310 g/mol. The van der Waals surface area contributed by atoms with Crippen LogP contribution in [0.5, 0.6) is 0 Å². The van der Waals surface area contributed by atoms with E-state index in [9.17, 15) is 5.11 Å². The lowest BCUT2D eigenvalue weighted by Crippen LogP contribution is -2.39. The van der Waals surface area contributed by atoms with Crippen LogP contribution in [0.25, 0.3) is 11.0 Å². The minimum atomic E-state index is -0.638. The summed E-state index contributed by atoms with van der Waals surface area (Å²) >= 11 is 5.91. The zero-order valence-electron chi connectivity index (χ0n) is 13.1. The first-order valence-electron chi connectivity index (χ1n) is 7.82. The van der Waals surface area contributed by atoms with Crippen molar-refractivity contribution in [2.24, 2.45) is 0 Å². The van der Waals surface area contributed by atoms with E-state index in [4.69, 9.17) is 17.3 Å². The fraction of sp³-hybridized carbons (Fsp3) is 0.278. The van der Waals surface area contributed by atoms with Crippen LogP contribution in [-0.2, 0) is 13.1 Å². The van der Waals surface area contributed by atoms with Gasteiger partial charge in [0.15, 0.2) is 0 Å². The fourth-order valence-corrected chi connectivity index (χ4v) is 3.05. The number of aryl methyl sites for hydroxylation is 1. The fourth-order valence-electron chi connectivity index (χ4n) is 2.93. The van der Waals surface area contributed by atoms with Gasteiger partial charge in [-0.15, -0.1) is 0 Å². The molecule has 1 aromatic heterocycles. The Bertz CT molecular complexity index is 811. The SMILES string of the molecule is CCCn1c(N)[n+](C[C@@H](O)c2ccc(Cl)cc2)c2ccccc21. The van der Waals surface area contributed by atoms with Gasteiger partial charge in [0.1, 0.15) is 23.7 Å². The molecule has 0 aliphatic carbocycles. The molecule has 2 aromatic carbocycles. The highest BCUT2D eigenvalue weighted by molar-refractivity contribution is 6.30. The summed E-state index contributed by atoms with van der Waals surface area (Å²) in [7, 11) is 0. The number of halogens is 1. The van der Waals surface area contributed by atoms with Crippen molar-refractivity contribution in [1.29, 1.82) is 0 Å². The number of para-hydroxylation sites is 2. The Morgan fingerprint density at radius 3 is 2.57 bits per heavy atom. The lowest BCUT2D eigenvalue weighted by Gasteiger charge is -2.10. The molecule has 0 fully saturated rings. The maximum atomic E-state index is 10.6. The Hall–Kier alpha value is -2.04. The second kappa shape index (κ2) is 6.60. The van der Waals surface area contributed by atoms with Crippen molar-refractivity contribution in [3.05, 3.63) is 59.1 Å². The molecule has 3 aromatic rings. The van der Waals surface area contributed by atoms with Crippen LogP contribution >= 0.6 is 11.6 Å². The average Bonchev–Trinajstić information content (AvgIpc) is 2.82. The number of nitrogens with two attached hydrogens (primary N) is 1. The lowest BCUT2D eigenvalue weighted by molar-refractivity contribution is -0.666. The molecule has 23 heavy (non-hydrogen) atoms. The first-order chi connectivity index (χ1) is 11.1. The van der Waals surface area contributed by atoms with E-state index in [-0.39, 0.29) is 0 Å². The predicted molar refractivity (Wildman–Crippen MR) is 93.2 cm³/mol. The maximum absolute atomic E-state index is 10.6. The zero-order valence-corrected chi connectivity index (χ0v) is 13.9. The lowest BCUT2D eigenvalue weighted by atomic mass is 10.1. The summed E-state index contributed by atoms with van der Waals surface area (Å²) in [5, 5.41) is 11.2. The molecule has 0 saturated carbocycles. The van der Waals surface area contributed by atoms with E-state index in [1.54, 1.807) is 12.1 Å². The molecule has 3 rings (SSSR count). The molecule has 5 heteroatoms. The van der Waals surface area contributed by atoms with Crippen molar-refractivity contribution < 1.29 is 9.67 Å². The van der Waals surface area contributed by atoms with Gasteiger partial charge in [0.2, 0.25) is 0 Å². The summed E-state index contributed by atoms with van der Waals surface area (Å²) in [5.41, 5.74) is 9.30. The summed E-state index contributed by atoms with van der Waals surface area (Å²) in [5.74, 6) is 0.668. The highest BCUT2D eigenvalue weighted by Gasteiger charge is 2.22. The van der Waals surface area contributed by atoms with E-state index >= 15 is 0 Å². The number of hydrogen-bond donors (Lipinski definition) is 2. The highest BCUT2D eigenvalue weighted by Crippen LogP contribution is 2.20. The van der Waals surface area contributed by atoms with E-state index in [1.807, 2.05) is 34.9 Å². The molecule has 0 aliphatic rings. The number of rotatable bonds is 5. The third-order valence-corrected chi connectivity index (χ3v) is 4.33. The zero-order chi connectivity index (χ0) is 16.4. The third kappa shape index (κ3) is 3.05. The van der Waals surface area contributed by atoms with E-state index in [2.05, 4.69) is 17.6 Å². The number of imidazole rings is 1. The second-order valence-electron chi connectivity index (χ2n) is 5.68. The van der Waals surface area contributed by atoms with Crippen LogP contribution < -0.4 is 10.3 Å². The number of aliphatic hydroxyl groups excluding tert-OH is 1. The molecule has 4 nitrogen and oxygen atoms in total. The Labute approximate surface area is 140 Å². The van der Waals surface area contributed by atoms with Crippen molar-refractivity contribution in [3.8, 4) is 0 Å². The first-order valence-corrected chi connectivity index (χ1v) is 8.19. The third-order valence-electron chi connectivity index (χ3n) is 4.07. The Kier molecular flexibility index (Phi) is 4.55. The number of anilines is 1. The van der Waals surface area contributed by atoms with Gasteiger partial charge in [-0.3, -0.25) is 5.73 Å². The molecule has 1 atom stereocenters. The van der Waals surface area contributed by atoms with Crippen molar-refractivity contribution in [2.45, 2.75) is 32.5 Å². The van der Waals surface area contributed by atoms with Gasteiger partial charge in [-0.1, -0.05) is 42.8 Å².